The van der Waals surface area contributed by atoms with E-state index in [1.807, 2.05) is 0 Å². The molecule has 1 N–H and O–H groups in total. The summed E-state index contributed by atoms with van der Waals surface area (Å²) in [7, 11) is -4.33. The molecule has 7 nitrogen and oxygen atoms in total. The Balaban J connectivity index is 1.69. The second-order valence-electron chi connectivity index (χ2n) is 9.59. The monoisotopic (exact) mass is 571 g/mol. The van der Waals surface area contributed by atoms with Gasteiger partial charge in [-0.15, -0.1) is 0 Å². The van der Waals surface area contributed by atoms with Crippen LogP contribution < -0.4 is 9.62 Å². The van der Waals surface area contributed by atoms with E-state index in [1.165, 1.54) is 35.2 Å². The zero-order valence-corrected chi connectivity index (χ0v) is 23.2. The number of anilines is 1. The van der Waals surface area contributed by atoms with Crippen molar-refractivity contribution in [3.05, 3.63) is 95.3 Å². The van der Waals surface area contributed by atoms with Crippen LogP contribution in [-0.2, 0) is 26.2 Å². The van der Waals surface area contributed by atoms with Crippen molar-refractivity contribution in [3.8, 4) is 0 Å². The van der Waals surface area contributed by atoms with E-state index in [2.05, 4.69) is 5.32 Å². The number of carbonyl (C=O) groups is 2. The fraction of sp³-hybridized carbons (Fsp3) is 0.310. The quantitative estimate of drug-likeness (QED) is 0.365. The molecule has 0 aliphatic heterocycles. The van der Waals surface area contributed by atoms with Gasteiger partial charge in [-0.3, -0.25) is 13.9 Å². The zero-order chi connectivity index (χ0) is 28.0. The van der Waals surface area contributed by atoms with Crippen LogP contribution in [0.5, 0.6) is 0 Å². The summed E-state index contributed by atoms with van der Waals surface area (Å²) in [5, 5.41) is 3.47. The van der Waals surface area contributed by atoms with E-state index in [9.17, 15) is 22.4 Å². The van der Waals surface area contributed by atoms with Gasteiger partial charge in [0.1, 0.15) is 18.4 Å². The summed E-state index contributed by atoms with van der Waals surface area (Å²) >= 11 is 6.16. The molecule has 0 heterocycles. The normalized spacial score (nSPS) is 14.5. The molecule has 0 saturated heterocycles. The third kappa shape index (κ3) is 6.96. The number of para-hydroxylation sites is 1. The lowest BCUT2D eigenvalue weighted by atomic mass is 10.1. The van der Waals surface area contributed by atoms with Gasteiger partial charge in [0.05, 0.1) is 10.6 Å². The Labute approximate surface area is 233 Å². The average Bonchev–Trinajstić information content (AvgIpc) is 3.44. The number of nitrogens with one attached hydrogen (secondary N) is 1. The van der Waals surface area contributed by atoms with Crippen LogP contribution in [0.15, 0.2) is 83.8 Å². The summed E-state index contributed by atoms with van der Waals surface area (Å²) in [6, 6.07) is 18.9. The maximum Gasteiger partial charge on any atom is 0.264 e. The molecule has 0 spiro atoms. The van der Waals surface area contributed by atoms with Crippen LogP contribution in [0.4, 0.5) is 10.1 Å². The van der Waals surface area contributed by atoms with E-state index in [4.69, 9.17) is 11.6 Å². The van der Waals surface area contributed by atoms with Gasteiger partial charge in [-0.1, -0.05) is 66.9 Å². The number of halogens is 2. The molecular formula is C29H31ClFN3O4S. The van der Waals surface area contributed by atoms with E-state index < -0.39 is 34.3 Å². The minimum atomic E-state index is -4.33. The Bertz CT molecular complexity index is 1410. The van der Waals surface area contributed by atoms with Crippen molar-refractivity contribution >= 4 is 39.1 Å². The van der Waals surface area contributed by atoms with Crippen molar-refractivity contribution in [2.45, 2.75) is 56.1 Å². The van der Waals surface area contributed by atoms with E-state index >= 15 is 0 Å². The zero-order valence-electron chi connectivity index (χ0n) is 21.6. The first-order valence-corrected chi connectivity index (χ1v) is 14.6. The molecule has 206 valence electrons. The highest BCUT2D eigenvalue weighted by Crippen LogP contribution is 2.27. The second-order valence-corrected chi connectivity index (χ2v) is 11.9. The molecular weight excluding hydrogens is 541 g/mol. The molecule has 1 aliphatic rings. The lowest BCUT2D eigenvalue weighted by molar-refractivity contribution is -0.139. The van der Waals surface area contributed by atoms with Crippen molar-refractivity contribution in [1.29, 1.82) is 0 Å². The van der Waals surface area contributed by atoms with Crippen LogP contribution in [0.1, 0.15) is 38.2 Å². The number of sulfonamides is 1. The molecule has 3 aromatic carbocycles. The van der Waals surface area contributed by atoms with Gasteiger partial charge in [0.25, 0.3) is 10.0 Å². The topological polar surface area (TPSA) is 86.8 Å². The average molecular weight is 572 g/mol. The Morgan fingerprint density at radius 3 is 2.33 bits per heavy atom. The first kappa shape index (κ1) is 28.6. The number of rotatable bonds is 10. The molecule has 1 atom stereocenters. The lowest BCUT2D eigenvalue weighted by Crippen LogP contribution is -2.52. The smallest absolute Gasteiger partial charge is 0.264 e. The van der Waals surface area contributed by atoms with Gasteiger partial charge < -0.3 is 10.2 Å². The van der Waals surface area contributed by atoms with Crippen LogP contribution >= 0.6 is 11.6 Å². The summed E-state index contributed by atoms with van der Waals surface area (Å²) in [6.07, 6.45) is 3.80. The lowest BCUT2D eigenvalue weighted by Gasteiger charge is -2.32. The van der Waals surface area contributed by atoms with Gasteiger partial charge in [0.15, 0.2) is 0 Å². The molecule has 3 aromatic rings. The summed E-state index contributed by atoms with van der Waals surface area (Å²) in [5.41, 5.74) is 0.403. The maximum atomic E-state index is 14.9. The van der Waals surface area contributed by atoms with Gasteiger partial charge in [0, 0.05) is 17.6 Å². The van der Waals surface area contributed by atoms with Gasteiger partial charge in [0.2, 0.25) is 11.8 Å². The second kappa shape index (κ2) is 12.6. The first-order valence-electron chi connectivity index (χ1n) is 12.8. The Hall–Kier alpha value is -3.43. The van der Waals surface area contributed by atoms with Crippen molar-refractivity contribution in [2.24, 2.45) is 0 Å². The fourth-order valence-electron chi connectivity index (χ4n) is 4.69. The summed E-state index contributed by atoms with van der Waals surface area (Å²) < 4.78 is 43.0. The van der Waals surface area contributed by atoms with Gasteiger partial charge >= 0.3 is 0 Å². The molecule has 0 bridgehead atoms. The Kier molecular flexibility index (Phi) is 9.24. The van der Waals surface area contributed by atoms with Gasteiger partial charge in [-0.2, -0.15) is 0 Å². The molecule has 2 amide bonds. The number of hydrogen-bond donors (Lipinski definition) is 1. The number of carbonyl (C=O) groups excluding carboxylic acids is 2. The number of nitrogens with zero attached hydrogens (tertiary/aromatic N) is 2. The number of benzene rings is 3. The van der Waals surface area contributed by atoms with Crippen molar-refractivity contribution in [2.75, 3.05) is 10.8 Å². The highest BCUT2D eigenvalue weighted by atomic mass is 35.5. The minimum absolute atomic E-state index is 0.00907. The molecule has 39 heavy (non-hydrogen) atoms. The van der Waals surface area contributed by atoms with E-state index in [1.54, 1.807) is 49.4 Å². The highest BCUT2D eigenvalue weighted by Gasteiger charge is 2.34. The summed E-state index contributed by atoms with van der Waals surface area (Å²) in [4.78, 5) is 28.3. The molecule has 1 fully saturated rings. The first-order chi connectivity index (χ1) is 18.7. The minimum Gasteiger partial charge on any atom is -0.352 e. The van der Waals surface area contributed by atoms with Crippen LogP contribution in [0.2, 0.25) is 5.02 Å². The third-order valence-corrected chi connectivity index (χ3v) is 8.85. The van der Waals surface area contributed by atoms with E-state index in [0.717, 1.165) is 36.1 Å². The molecule has 4 rings (SSSR count). The van der Waals surface area contributed by atoms with Crippen LogP contribution in [-0.4, -0.2) is 43.8 Å². The molecule has 1 aliphatic carbocycles. The van der Waals surface area contributed by atoms with Crippen LogP contribution in [0.25, 0.3) is 0 Å². The summed E-state index contributed by atoms with van der Waals surface area (Å²) in [6.45, 7) is 0.904. The predicted octanol–water partition coefficient (Wildman–Crippen LogP) is 5.15. The van der Waals surface area contributed by atoms with E-state index in [-0.39, 0.29) is 29.1 Å². The highest BCUT2D eigenvalue weighted by molar-refractivity contribution is 7.92. The van der Waals surface area contributed by atoms with Crippen LogP contribution in [0, 0.1) is 5.82 Å². The maximum absolute atomic E-state index is 14.9. The number of amides is 2. The Morgan fingerprint density at radius 1 is 1.00 bits per heavy atom. The van der Waals surface area contributed by atoms with Crippen molar-refractivity contribution < 1.29 is 22.4 Å². The van der Waals surface area contributed by atoms with Crippen LogP contribution in [0.3, 0.4) is 0 Å². The molecule has 0 radical (unpaired) electrons. The third-order valence-electron chi connectivity index (χ3n) is 6.84. The molecule has 0 unspecified atom stereocenters. The summed E-state index contributed by atoms with van der Waals surface area (Å²) in [5.74, 6) is -1.79. The standard InChI is InChI=1S/C29H31ClFN3O4S/c1-21(29(36)32-24-12-5-6-13-24)33(19-22-10-9-11-23(30)18-22)28(35)20-34(27-17-8-7-16-26(27)31)39(37,38)25-14-3-2-4-15-25/h2-4,7-11,14-18,21,24H,5-6,12-13,19-20H2,1H3,(H,32,36)/t21-/m0/s1. The van der Waals surface area contributed by atoms with Gasteiger partial charge in [-0.25, -0.2) is 12.8 Å². The Morgan fingerprint density at radius 2 is 1.67 bits per heavy atom. The molecule has 10 heteroatoms. The van der Waals surface area contributed by atoms with E-state index in [0.29, 0.717) is 10.6 Å². The molecule has 1 saturated carbocycles. The fourth-order valence-corrected chi connectivity index (χ4v) is 6.35. The molecule has 0 aromatic heterocycles. The largest absolute Gasteiger partial charge is 0.352 e. The van der Waals surface area contributed by atoms with Gasteiger partial charge in [-0.05, 0) is 61.7 Å². The number of hydrogen-bond acceptors (Lipinski definition) is 4. The van der Waals surface area contributed by atoms with Crippen molar-refractivity contribution in [3.63, 3.8) is 0 Å². The SMILES string of the molecule is C[C@@H](C(=O)NC1CCCC1)N(Cc1cccc(Cl)c1)C(=O)CN(c1ccccc1F)S(=O)(=O)c1ccccc1. The van der Waals surface area contributed by atoms with Crippen molar-refractivity contribution in [1.82, 2.24) is 10.2 Å². The predicted molar refractivity (Wildman–Crippen MR) is 149 cm³/mol.